The second kappa shape index (κ2) is 4.31. The lowest BCUT2D eigenvalue weighted by molar-refractivity contribution is 0.396. The van der Waals surface area contributed by atoms with Gasteiger partial charge in [0.15, 0.2) is 0 Å². The molecule has 2 N–H and O–H groups in total. The first kappa shape index (κ1) is 12.4. The average molecular weight is 294 g/mol. The van der Waals surface area contributed by atoms with Gasteiger partial charge in [-0.25, -0.2) is 0 Å². The molecule has 0 spiro atoms. The average Bonchev–Trinajstić information content (AvgIpc) is 2.25. The van der Waals surface area contributed by atoms with Crippen LogP contribution in [0.25, 0.3) is 10.8 Å². The van der Waals surface area contributed by atoms with Gasteiger partial charge in [0, 0.05) is 15.6 Å². The molecular weight excluding hydrogens is 278 g/mol. The smallest absolute Gasteiger partial charge is 0.124 e. The van der Waals surface area contributed by atoms with Gasteiger partial charge in [-0.05, 0) is 42.8 Å². The number of fused-ring (bicyclic) bond motifs is 1. The van der Waals surface area contributed by atoms with Crippen molar-refractivity contribution in [2.45, 2.75) is 19.4 Å². The lowest BCUT2D eigenvalue weighted by Gasteiger charge is -2.24. The molecule has 2 aromatic rings. The molecule has 0 radical (unpaired) electrons. The zero-order chi connectivity index (χ0) is 12.6. The van der Waals surface area contributed by atoms with Crippen molar-refractivity contribution in [3.8, 4) is 5.75 Å². The lowest BCUT2D eigenvalue weighted by Crippen LogP contribution is -2.29. The summed E-state index contributed by atoms with van der Waals surface area (Å²) in [6.07, 6.45) is 0. The molecule has 0 atom stereocenters. The van der Waals surface area contributed by atoms with E-state index >= 15 is 0 Å². The van der Waals surface area contributed by atoms with Gasteiger partial charge >= 0.3 is 0 Å². The monoisotopic (exact) mass is 293 g/mol. The minimum absolute atomic E-state index is 0.432. The topological polar surface area (TPSA) is 35.2 Å². The molecule has 0 saturated heterocycles. The summed E-state index contributed by atoms with van der Waals surface area (Å²) in [5, 5.41) is 2.30. The Balaban J connectivity index is 2.84. The van der Waals surface area contributed by atoms with Gasteiger partial charge in [-0.15, -0.1) is 0 Å². The molecule has 0 amide bonds. The fraction of sp³-hybridized carbons (Fsp3) is 0.286. The van der Waals surface area contributed by atoms with E-state index in [4.69, 9.17) is 10.5 Å². The predicted octanol–water partition coefficient (Wildman–Crippen LogP) is 3.80. The summed E-state index contributed by atoms with van der Waals surface area (Å²) in [5.41, 5.74) is 6.86. The number of hydrogen-bond acceptors (Lipinski definition) is 2. The molecule has 17 heavy (non-hydrogen) atoms. The SMILES string of the molecule is COc1ccc2cc(Br)ccc2c1C(C)(C)N. The van der Waals surface area contributed by atoms with Crippen LogP contribution in [-0.2, 0) is 5.54 Å². The minimum Gasteiger partial charge on any atom is -0.496 e. The highest BCUT2D eigenvalue weighted by Gasteiger charge is 2.22. The fourth-order valence-electron chi connectivity index (χ4n) is 2.12. The number of methoxy groups -OCH3 is 1. The first-order valence-corrected chi connectivity index (χ1v) is 6.28. The van der Waals surface area contributed by atoms with Crippen molar-refractivity contribution in [2.24, 2.45) is 5.73 Å². The number of hydrogen-bond donors (Lipinski definition) is 1. The molecule has 0 unspecified atom stereocenters. The van der Waals surface area contributed by atoms with Crippen molar-refractivity contribution < 1.29 is 4.74 Å². The van der Waals surface area contributed by atoms with Crippen LogP contribution < -0.4 is 10.5 Å². The van der Waals surface area contributed by atoms with Crippen LogP contribution in [0.15, 0.2) is 34.8 Å². The second-order valence-electron chi connectivity index (χ2n) is 4.73. The zero-order valence-corrected chi connectivity index (χ0v) is 11.8. The number of benzene rings is 2. The largest absolute Gasteiger partial charge is 0.496 e. The fourth-order valence-corrected chi connectivity index (χ4v) is 2.49. The van der Waals surface area contributed by atoms with E-state index in [0.717, 1.165) is 26.6 Å². The summed E-state index contributed by atoms with van der Waals surface area (Å²) in [6.45, 7) is 3.98. The van der Waals surface area contributed by atoms with Crippen molar-refractivity contribution >= 4 is 26.7 Å². The third kappa shape index (κ3) is 2.31. The van der Waals surface area contributed by atoms with E-state index < -0.39 is 5.54 Å². The summed E-state index contributed by atoms with van der Waals surface area (Å²) < 4.78 is 6.48. The summed E-state index contributed by atoms with van der Waals surface area (Å²) in [4.78, 5) is 0. The van der Waals surface area contributed by atoms with E-state index in [1.54, 1.807) is 7.11 Å². The maximum absolute atomic E-state index is 6.25. The second-order valence-corrected chi connectivity index (χ2v) is 5.65. The van der Waals surface area contributed by atoms with Crippen LogP contribution in [-0.4, -0.2) is 7.11 Å². The number of nitrogens with two attached hydrogens (primary N) is 1. The van der Waals surface area contributed by atoms with Crippen LogP contribution >= 0.6 is 15.9 Å². The Morgan fingerprint density at radius 3 is 2.47 bits per heavy atom. The molecule has 0 saturated carbocycles. The molecule has 2 aromatic carbocycles. The molecule has 0 aliphatic heterocycles. The van der Waals surface area contributed by atoms with Gasteiger partial charge in [0.1, 0.15) is 5.75 Å². The van der Waals surface area contributed by atoms with Crippen LogP contribution in [0, 0.1) is 0 Å². The van der Waals surface area contributed by atoms with Gasteiger partial charge in [-0.3, -0.25) is 0 Å². The highest BCUT2D eigenvalue weighted by atomic mass is 79.9. The van der Waals surface area contributed by atoms with E-state index in [2.05, 4.69) is 28.1 Å². The Bertz CT molecular complexity index is 558. The molecule has 0 heterocycles. The van der Waals surface area contributed by atoms with E-state index in [0.29, 0.717) is 0 Å². The van der Waals surface area contributed by atoms with Gasteiger partial charge in [0.25, 0.3) is 0 Å². The van der Waals surface area contributed by atoms with Gasteiger partial charge in [0.2, 0.25) is 0 Å². The van der Waals surface area contributed by atoms with Gasteiger partial charge in [0.05, 0.1) is 7.11 Å². The van der Waals surface area contributed by atoms with Crippen LogP contribution in [0.3, 0.4) is 0 Å². The lowest BCUT2D eigenvalue weighted by atomic mass is 9.89. The molecule has 3 heteroatoms. The molecule has 0 aliphatic carbocycles. The Morgan fingerprint density at radius 2 is 1.88 bits per heavy atom. The minimum atomic E-state index is -0.432. The molecule has 0 aromatic heterocycles. The standard InChI is InChI=1S/C14H16BrNO/c1-14(2,16)13-11-6-5-10(15)8-9(11)4-7-12(13)17-3/h4-8H,16H2,1-3H3. The molecule has 0 aliphatic rings. The Labute approximate surface area is 110 Å². The van der Waals surface area contributed by atoms with Crippen molar-refractivity contribution in [1.82, 2.24) is 0 Å². The van der Waals surface area contributed by atoms with Gasteiger partial charge < -0.3 is 10.5 Å². The van der Waals surface area contributed by atoms with Crippen LogP contribution in [0.4, 0.5) is 0 Å². The van der Waals surface area contributed by atoms with Crippen molar-refractivity contribution in [2.75, 3.05) is 7.11 Å². The van der Waals surface area contributed by atoms with E-state index in [1.165, 1.54) is 0 Å². The van der Waals surface area contributed by atoms with Gasteiger partial charge in [-0.1, -0.05) is 28.1 Å². The molecule has 90 valence electrons. The first-order chi connectivity index (χ1) is 7.93. The van der Waals surface area contributed by atoms with Crippen molar-refractivity contribution in [3.63, 3.8) is 0 Å². The quantitative estimate of drug-likeness (QED) is 0.914. The summed E-state index contributed by atoms with van der Waals surface area (Å²) in [5.74, 6) is 0.840. The van der Waals surface area contributed by atoms with E-state index in [-0.39, 0.29) is 0 Å². The van der Waals surface area contributed by atoms with E-state index in [9.17, 15) is 0 Å². The normalized spacial score (nSPS) is 11.8. The summed E-state index contributed by atoms with van der Waals surface area (Å²) >= 11 is 3.48. The molecule has 0 fully saturated rings. The number of ether oxygens (including phenoxy) is 1. The third-order valence-corrected chi connectivity index (χ3v) is 3.30. The number of rotatable bonds is 2. The highest BCUT2D eigenvalue weighted by molar-refractivity contribution is 9.10. The zero-order valence-electron chi connectivity index (χ0n) is 10.3. The third-order valence-electron chi connectivity index (χ3n) is 2.81. The van der Waals surface area contributed by atoms with Crippen molar-refractivity contribution in [3.05, 3.63) is 40.4 Å². The molecule has 0 bridgehead atoms. The summed E-state index contributed by atoms with van der Waals surface area (Å²) in [6, 6.07) is 10.2. The van der Waals surface area contributed by atoms with Crippen LogP contribution in [0.5, 0.6) is 5.75 Å². The van der Waals surface area contributed by atoms with Crippen LogP contribution in [0.2, 0.25) is 0 Å². The summed E-state index contributed by atoms with van der Waals surface area (Å²) in [7, 11) is 1.68. The van der Waals surface area contributed by atoms with Crippen LogP contribution in [0.1, 0.15) is 19.4 Å². The molecular formula is C14H16BrNO. The Hall–Kier alpha value is -1.06. The van der Waals surface area contributed by atoms with Crippen molar-refractivity contribution in [1.29, 1.82) is 0 Å². The van der Waals surface area contributed by atoms with E-state index in [1.807, 2.05) is 32.0 Å². The van der Waals surface area contributed by atoms with Gasteiger partial charge in [-0.2, -0.15) is 0 Å². The first-order valence-electron chi connectivity index (χ1n) is 5.49. The maximum atomic E-state index is 6.25. The molecule has 2 rings (SSSR count). The Kier molecular flexibility index (Phi) is 3.15. The number of halogens is 1. The highest BCUT2D eigenvalue weighted by Crippen LogP contribution is 2.35. The predicted molar refractivity (Wildman–Crippen MR) is 75.4 cm³/mol. The Morgan fingerprint density at radius 1 is 1.18 bits per heavy atom. The maximum Gasteiger partial charge on any atom is 0.124 e. The molecule has 2 nitrogen and oxygen atoms in total.